The first-order valence-corrected chi connectivity index (χ1v) is 10.1. The molecule has 1 rings (SSSR count). The van der Waals surface area contributed by atoms with Gasteiger partial charge in [-0.1, -0.05) is 0 Å². The lowest BCUT2D eigenvalue weighted by Crippen LogP contribution is -2.33. The number of aliphatic carboxylic acids is 1. The summed E-state index contributed by atoms with van der Waals surface area (Å²) in [5, 5.41) is 10.2. The van der Waals surface area contributed by atoms with E-state index in [1.165, 1.54) is 6.92 Å². The third-order valence-electron chi connectivity index (χ3n) is 4.27. The SMILES string of the molecule is CC(C(=O)OCCOC(=O)NCC1CCC(C(=O)O)CC1)S(C)(=O)=O. The lowest BCUT2D eigenvalue weighted by atomic mass is 9.82. The van der Waals surface area contributed by atoms with Crippen molar-refractivity contribution >= 4 is 27.9 Å². The molecule has 0 spiro atoms. The minimum Gasteiger partial charge on any atom is -0.481 e. The zero-order valence-electron chi connectivity index (χ0n) is 14.4. The molecule has 0 bridgehead atoms. The van der Waals surface area contributed by atoms with Gasteiger partial charge >= 0.3 is 18.0 Å². The summed E-state index contributed by atoms with van der Waals surface area (Å²) in [6.45, 7) is 1.22. The van der Waals surface area contributed by atoms with Crippen molar-refractivity contribution in [2.24, 2.45) is 11.8 Å². The van der Waals surface area contributed by atoms with E-state index in [2.05, 4.69) is 5.32 Å². The number of carbonyl (C=O) groups excluding carboxylic acids is 2. The van der Waals surface area contributed by atoms with Gasteiger partial charge in [0, 0.05) is 12.8 Å². The minimum absolute atomic E-state index is 0.181. The number of nitrogens with one attached hydrogen (secondary N) is 1. The second kappa shape index (κ2) is 9.59. The highest BCUT2D eigenvalue weighted by Gasteiger charge is 2.26. The van der Waals surface area contributed by atoms with Crippen molar-refractivity contribution in [2.75, 3.05) is 26.0 Å². The molecule has 25 heavy (non-hydrogen) atoms. The van der Waals surface area contributed by atoms with E-state index in [9.17, 15) is 22.8 Å². The fourth-order valence-electron chi connectivity index (χ4n) is 2.46. The maximum absolute atomic E-state index is 11.5. The molecule has 0 aromatic carbocycles. The van der Waals surface area contributed by atoms with Crippen LogP contribution in [0.1, 0.15) is 32.6 Å². The Bertz CT molecular complexity index is 580. The van der Waals surface area contributed by atoms with Gasteiger partial charge in [-0.2, -0.15) is 0 Å². The Morgan fingerprint density at radius 2 is 1.68 bits per heavy atom. The molecule has 0 aliphatic heterocycles. The van der Waals surface area contributed by atoms with E-state index < -0.39 is 33.1 Å². The lowest BCUT2D eigenvalue weighted by molar-refractivity contribution is -0.144. The number of rotatable bonds is 8. The van der Waals surface area contributed by atoms with Crippen LogP contribution in [0.2, 0.25) is 0 Å². The highest BCUT2D eigenvalue weighted by atomic mass is 32.2. The number of esters is 1. The van der Waals surface area contributed by atoms with Gasteiger partial charge in [-0.3, -0.25) is 9.59 Å². The van der Waals surface area contributed by atoms with Gasteiger partial charge in [0.1, 0.15) is 13.2 Å². The Morgan fingerprint density at radius 3 is 2.20 bits per heavy atom. The van der Waals surface area contributed by atoms with E-state index in [0.717, 1.165) is 19.1 Å². The highest BCUT2D eigenvalue weighted by Crippen LogP contribution is 2.28. The van der Waals surface area contributed by atoms with E-state index in [4.69, 9.17) is 14.6 Å². The van der Waals surface area contributed by atoms with E-state index in [1.807, 2.05) is 0 Å². The average Bonchev–Trinajstić information content (AvgIpc) is 2.55. The second-order valence-electron chi connectivity index (χ2n) is 6.21. The van der Waals surface area contributed by atoms with Gasteiger partial charge in [0.05, 0.1) is 5.92 Å². The summed E-state index contributed by atoms with van der Waals surface area (Å²) in [6, 6.07) is 0. The number of amides is 1. The molecule has 1 aliphatic rings. The number of carboxylic acid groups (broad SMARTS) is 1. The number of sulfone groups is 1. The molecule has 0 radical (unpaired) electrons. The fourth-order valence-corrected chi connectivity index (χ4v) is 2.88. The predicted molar refractivity (Wildman–Crippen MR) is 87.7 cm³/mol. The molecule has 144 valence electrons. The molecule has 1 atom stereocenters. The van der Waals surface area contributed by atoms with E-state index in [-0.39, 0.29) is 25.0 Å². The Morgan fingerprint density at radius 1 is 1.12 bits per heavy atom. The zero-order chi connectivity index (χ0) is 19.0. The summed E-state index contributed by atoms with van der Waals surface area (Å²) in [7, 11) is -3.52. The molecule has 1 fully saturated rings. The summed E-state index contributed by atoms with van der Waals surface area (Å²) in [6.07, 6.45) is 2.95. The summed E-state index contributed by atoms with van der Waals surface area (Å²) in [5.74, 6) is -1.74. The summed E-state index contributed by atoms with van der Waals surface area (Å²) in [4.78, 5) is 33.8. The van der Waals surface area contributed by atoms with Crippen LogP contribution in [0, 0.1) is 11.8 Å². The molecule has 0 heterocycles. The van der Waals surface area contributed by atoms with Crippen molar-refractivity contribution in [2.45, 2.75) is 37.9 Å². The maximum Gasteiger partial charge on any atom is 0.407 e. The smallest absolute Gasteiger partial charge is 0.407 e. The first kappa shape index (κ1) is 21.2. The lowest BCUT2D eigenvalue weighted by Gasteiger charge is -2.25. The van der Waals surface area contributed by atoms with Gasteiger partial charge in [-0.25, -0.2) is 13.2 Å². The first-order chi connectivity index (χ1) is 11.6. The Labute approximate surface area is 147 Å². The molecule has 1 saturated carbocycles. The molecule has 0 aromatic heterocycles. The van der Waals surface area contributed by atoms with Crippen LogP contribution in [0.3, 0.4) is 0 Å². The first-order valence-electron chi connectivity index (χ1n) is 8.10. The van der Waals surface area contributed by atoms with Gasteiger partial charge in [-0.05, 0) is 38.5 Å². The van der Waals surface area contributed by atoms with Crippen LogP contribution < -0.4 is 5.32 Å². The highest BCUT2D eigenvalue weighted by molar-refractivity contribution is 7.92. The third kappa shape index (κ3) is 7.72. The normalized spacial score (nSPS) is 21.8. The molecule has 0 saturated heterocycles. The molecule has 1 amide bonds. The molecular weight excluding hydrogens is 354 g/mol. The van der Waals surface area contributed by atoms with E-state index in [0.29, 0.717) is 19.4 Å². The van der Waals surface area contributed by atoms with Crippen molar-refractivity contribution in [3.8, 4) is 0 Å². The Balaban J connectivity index is 2.14. The summed E-state index contributed by atoms with van der Waals surface area (Å²) < 4.78 is 31.9. The van der Waals surface area contributed by atoms with Crippen molar-refractivity contribution in [1.82, 2.24) is 5.32 Å². The van der Waals surface area contributed by atoms with Crippen LogP contribution in [0.25, 0.3) is 0 Å². The Hall–Kier alpha value is -1.84. The Kier molecular flexibility index (Phi) is 8.14. The van der Waals surface area contributed by atoms with Crippen LogP contribution >= 0.6 is 0 Å². The van der Waals surface area contributed by atoms with Gasteiger partial charge in [0.15, 0.2) is 15.1 Å². The fraction of sp³-hybridized carbons (Fsp3) is 0.800. The summed E-state index contributed by atoms with van der Waals surface area (Å²) >= 11 is 0. The van der Waals surface area contributed by atoms with Gasteiger partial charge in [0.2, 0.25) is 0 Å². The van der Waals surface area contributed by atoms with Crippen LogP contribution in [0.15, 0.2) is 0 Å². The largest absolute Gasteiger partial charge is 0.481 e. The van der Waals surface area contributed by atoms with Crippen molar-refractivity contribution < 1.29 is 37.4 Å². The molecule has 1 unspecified atom stereocenters. The number of hydrogen-bond acceptors (Lipinski definition) is 7. The van der Waals surface area contributed by atoms with Gasteiger partial charge < -0.3 is 19.9 Å². The van der Waals surface area contributed by atoms with Crippen LogP contribution in [-0.2, 0) is 28.9 Å². The van der Waals surface area contributed by atoms with Crippen molar-refractivity contribution in [3.63, 3.8) is 0 Å². The van der Waals surface area contributed by atoms with Crippen LogP contribution in [-0.4, -0.2) is 62.8 Å². The average molecular weight is 379 g/mol. The predicted octanol–water partition coefficient (Wildman–Crippen LogP) is 0.580. The zero-order valence-corrected chi connectivity index (χ0v) is 15.2. The third-order valence-corrected chi connectivity index (χ3v) is 5.74. The number of carbonyl (C=O) groups is 3. The van der Waals surface area contributed by atoms with Gasteiger partial charge in [0.25, 0.3) is 0 Å². The molecule has 2 N–H and O–H groups in total. The van der Waals surface area contributed by atoms with E-state index >= 15 is 0 Å². The molecular formula is C15H25NO8S. The maximum atomic E-state index is 11.5. The quantitative estimate of drug-likeness (QED) is 0.462. The standard InChI is InChI=1S/C15H25NO8S/c1-10(25(2,21)22)14(19)23-7-8-24-15(20)16-9-11-3-5-12(6-4-11)13(17)18/h10-12H,3-9H2,1-2H3,(H,16,20)(H,17,18). The molecule has 1 aliphatic carbocycles. The molecule has 10 heteroatoms. The number of ether oxygens (including phenoxy) is 2. The van der Waals surface area contributed by atoms with Gasteiger partial charge in [-0.15, -0.1) is 0 Å². The molecule has 0 aromatic rings. The van der Waals surface area contributed by atoms with E-state index in [1.54, 1.807) is 0 Å². The second-order valence-corrected chi connectivity index (χ2v) is 8.58. The topological polar surface area (TPSA) is 136 Å². The van der Waals surface area contributed by atoms with Crippen LogP contribution in [0.4, 0.5) is 4.79 Å². The summed E-state index contributed by atoms with van der Waals surface area (Å²) in [5.41, 5.74) is 0. The minimum atomic E-state index is -3.52. The number of alkyl carbamates (subject to hydrolysis) is 1. The monoisotopic (exact) mass is 379 g/mol. The van der Waals surface area contributed by atoms with Crippen LogP contribution in [0.5, 0.6) is 0 Å². The molecule has 9 nitrogen and oxygen atoms in total. The number of carboxylic acids is 1. The number of hydrogen-bond donors (Lipinski definition) is 2. The van der Waals surface area contributed by atoms with Crippen molar-refractivity contribution in [1.29, 1.82) is 0 Å². The van der Waals surface area contributed by atoms with Crippen molar-refractivity contribution in [3.05, 3.63) is 0 Å².